The van der Waals surface area contributed by atoms with Crippen molar-refractivity contribution in [2.45, 2.75) is 96.2 Å². The van der Waals surface area contributed by atoms with Crippen LogP contribution in [-0.4, -0.2) is 70.1 Å². The molecule has 0 aromatic heterocycles. The van der Waals surface area contributed by atoms with E-state index in [9.17, 15) is 4.79 Å². The Balaban J connectivity index is 0. The standard InChI is InChI=1S/C17H34O4.C3H8O3/c1-2-3-4-5-6-7-8-9-10-11-12-13-17(20)21-15-16(19)14-18;4-1-3(6)2-5/h16,18-19H,2-15H2,1H3;3-6H,1-2H2. The summed E-state index contributed by atoms with van der Waals surface area (Å²) >= 11 is 0. The molecular formula is C20H42O7. The molecule has 0 radical (unpaired) electrons. The molecule has 0 rings (SSSR count). The molecule has 0 aromatic carbocycles. The molecule has 0 saturated heterocycles. The van der Waals surface area contributed by atoms with Crippen molar-refractivity contribution in [2.75, 3.05) is 26.4 Å². The van der Waals surface area contributed by atoms with E-state index in [1.54, 1.807) is 0 Å². The van der Waals surface area contributed by atoms with Crippen LogP contribution in [0.2, 0.25) is 0 Å². The van der Waals surface area contributed by atoms with Gasteiger partial charge in [-0.15, -0.1) is 0 Å². The molecule has 5 N–H and O–H groups in total. The van der Waals surface area contributed by atoms with Crippen molar-refractivity contribution < 1.29 is 35.1 Å². The van der Waals surface area contributed by atoms with E-state index < -0.39 is 12.2 Å². The SMILES string of the molecule is CCCCCCCCCCCCCC(=O)OCC(O)CO.OCC(O)CO. The van der Waals surface area contributed by atoms with Crippen LogP contribution in [0.4, 0.5) is 0 Å². The van der Waals surface area contributed by atoms with Gasteiger partial charge in [-0.1, -0.05) is 71.1 Å². The molecule has 0 aliphatic carbocycles. The third kappa shape index (κ3) is 25.3. The highest BCUT2D eigenvalue weighted by molar-refractivity contribution is 5.69. The zero-order chi connectivity index (χ0) is 20.8. The molecular weight excluding hydrogens is 352 g/mol. The fourth-order valence-corrected chi connectivity index (χ4v) is 2.31. The second kappa shape index (κ2) is 23.3. The summed E-state index contributed by atoms with van der Waals surface area (Å²) in [4.78, 5) is 11.3. The first-order valence-corrected chi connectivity index (χ1v) is 10.4. The number of hydrogen-bond donors (Lipinski definition) is 5. The summed E-state index contributed by atoms with van der Waals surface area (Å²) < 4.78 is 4.84. The minimum absolute atomic E-state index is 0.104. The molecule has 7 heteroatoms. The van der Waals surface area contributed by atoms with Gasteiger partial charge in [-0.3, -0.25) is 4.79 Å². The van der Waals surface area contributed by atoms with E-state index in [0.717, 1.165) is 12.8 Å². The van der Waals surface area contributed by atoms with Crippen LogP contribution < -0.4 is 0 Å². The molecule has 164 valence electrons. The molecule has 0 aromatic rings. The fourth-order valence-electron chi connectivity index (χ4n) is 2.31. The Morgan fingerprint density at radius 2 is 1.11 bits per heavy atom. The Hall–Kier alpha value is -0.730. The van der Waals surface area contributed by atoms with Gasteiger partial charge in [0.15, 0.2) is 0 Å². The first-order valence-electron chi connectivity index (χ1n) is 10.4. The zero-order valence-corrected chi connectivity index (χ0v) is 17.0. The van der Waals surface area contributed by atoms with E-state index in [1.807, 2.05) is 0 Å². The monoisotopic (exact) mass is 394 g/mol. The molecule has 7 nitrogen and oxygen atoms in total. The Morgan fingerprint density at radius 3 is 1.48 bits per heavy atom. The van der Waals surface area contributed by atoms with E-state index in [2.05, 4.69) is 6.92 Å². The molecule has 0 aliphatic rings. The number of rotatable bonds is 17. The number of hydrogen-bond acceptors (Lipinski definition) is 7. The van der Waals surface area contributed by atoms with Crippen LogP contribution in [0.5, 0.6) is 0 Å². The van der Waals surface area contributed by atoms with Crippen molar-refractivity contribution in [3.63, 3.8) is 0 Å². The first-order chi connectivity index (χ1) is 13.0. The lowest BCUT2D eigenvalue weighted by atomic mass is 10.1. The van der Waals surface area contributed by atoms with Crippen molar-refractivity contribution in [2.24, 2.45) is 0 Å². The van der Waals surface area contributed by atoms with Crippen LogP contribution in [0, 0.1) is 0 Å². The third-order valence-electron chi connectivity index (χ3n) is 4.05. The normalized spacial score (nSPS) is 11.8. The highest BCUT2D eigenvalue weighted by atomic mass is 16.5. The van der Waals surface area contributed by atoms with Gasteiger partial charge >= 0.3 is 5.97 Å². The molecule has 0 bridgehead atoms. The molecule has 1 unspecified atom stereocenters. The van der Waals surface area contributed by atoms with Crippen LogP contribution >= 0.6 is 0 Å². The zero-order valence-electron chi connectivity index (χ0n) is 17.0. The number of carbonyl (C=O) groups is 1. The lowest BCUT2D eigenvalue weighted by Crippen LogP contribution is -2.21. The van der Waals surface area contributed by atoms with Gasteiger partial charge < -0.3 is 30.3 Å². The van der Waals surface area contributed by atoms with Gasteiger partial charge in [0.25, 0.3) is 0 Å². The number of aliphatic hydroxyl groups excluding tert-OH is 5. The van der Waals surface area contributed by atoms with E-state index in [-0.39, 0.29) is 32.4 Å². The van der Waals surface area contributed by atoms with Crippen molar-refractivity contribution in [3.8, 4) is 0 Å². The summed E-state index contributed by atoms with van der Waals surface area (Å²) in [6, 6.07) is 0. The topological polar surface area (TPSA) is 127 Å². The van der Waals surface area contributed by atoms with Crippen LogP contribution in [0.1, 0.15) is 84.0 Å². The van der Waals surface area contributed by atoms with Gasteiger partial charge in [-0.2, -0.15) is 0 Å². The number of aliphatic hydroxyl groups is 5. The smallest absolute Gasteiger partial charge is 0.305 e. The lowest BCUT2D eigenvalue weighted by molar-refractivity contribution is -0.147. The van der Waals surface area contributed by atoms with Gasteiger partial charge in [0, 0.05) is 6.42 Å². The molecule has 0 amide bonds. The van der Waals surface area contributed by atoms with E-state index in [4.69, 9.17) is 30.3 Å². The van der Waals surface area contributed by atoms with E-state index >= 15 is 0 Å². The molecule has 1 atom stereocenters. The average Bonchev–Trinajstić information content (AvgIpc) is 2.69. The van der Waals surface area contributed by atoms with E-state index in [1.165, 1.54) is 57.8 Å². The van der Waals surface area contributed by atoms with Gasteiger partial charge in [-0.25, -0.2) is 0 Å². The summed E-state index contributed by atoms with van der Waals surface area (Å²) in [5.74, 6) is -0.279. The molecule has 0 spiro atoms. The molecule has 0 fully saturated rings. The van der Waals surface area contributed by atoms with Crippen LogP contribution in [0.3, 0.4) is 0 Å². The summed E-state index contributed by atoms with van der Waals surface area (Å²) in [6.45, 7) is 1.04. The van der Waals surface area contributed by atoms with Gasteiger partial charge in [0.2, 0.25) is 0 Å². The third-order valence-corrected chi connectivity index (χ3v) is 4.05. The average molecular weight is 395 g/mol. The maximum absolute atomic E-state index is 11.3. The molecule has 27 heavy (non-hydrogen) atoms. The van der Waals surface area contributed by atoms with Gasteiger partial charge in [0.05, 0.1) is 19.8 Å². The second-order valence-electron chi connectivity index (χ2n) is 6.82. The van der Waals surface area contributed by atoms with Crippen molar-refractivity contribution in [3.05, 3.63) is 0 Å². The fraction of sp³-hybridized carbons (Fsp3) is 0.950. The van der Waals surface area contributed by atoms with Crippen molar-refractivity contribution in [1.82, 2.24) is 0 Å². The van der Waals surface area contributed by atoms with Gasteiger partial charge in [-0.05, 0) is 6.42 Å². The number of carbonyl (C=O) groups excluding carboxylic acids is 1. The Labute approximate surface area is 164 Å². The predicted molar refractivity (Wildman–Crippen MR) is 105 cm³/mol. The van der Waals surface area contributed by atoms with Crippen molar-refractivity contribution >= 4 is 5.97 Å². The minimum Gasteiger partial charge on any atom is -0.463 e. The Bertz CT molecular complexity index is 296. The second-order valence-corrected chi connectivity index (χ2v) is 6.82. The molecule has 0 saturated carbocycles. The Kier molecular flexibility index (Phi) is 24.6. The number of esters is 1. The quantitative estimate of drug-likeness (QED) is 0.188. The predicted octanol–water partition coefficient (Wildman–Crippen LogP) is 1.92. The number of ether oxygens (including phenoxy) is 1. The van der Waals surface area contributed by atoms with Crippen molar-refractivity contribution in [1.29, 1.82) is 0 Å². The summed E-state index contributed by atoms with van der Waals surface area (Å²) in [7, 11) is 0. The van der Waals surface area contributed by atoms with Gasteiger partial charge in [0.1, 0.15) is 18.8 Å². The number of unbranched alkanes of at least 4 members (excludes halogenated alkanes) is 10. The van der Waals surface area contributed by atoms with E-state index in [0.29, 0.717) is 6.42 Å². The Morgan fingerprint density at radius 1 is 0.704 bits per heavy atom. The first kappa shape index (κ1) is 28.5. The maximum atomic E-state index is 11.3. The summed E-state index contributed by atoms with van der Waals surface area (Å²) in [5, 5.41) is 41.6. The lowest BCUT2D eigenvalue weighted by Gasteiger charge is -2.08. The summed E-state index contributed by atoms with van der Waals surface area (Å²) in [6.07, 6.45) is 12.3. The highest BCUT2D eigenvalue weighted by Crippen LogP contribution is 2.12. The largest absolute Gasteiger partial charge is 0.463 e. The highest BCUT2D eigenvalue weighted by Gasteiger charge is 2.07. The van der Waals surface area contributed by atoms with Crippen LogP contribution in [-0.2, 0) is 9.53 Å². The molecule has 0 heterocycles. The van der Waals surface area contributed by atoms with Crippen LogP contribution in [0.25, 0.3) is 0 Å². The molecule has 0 aliphatic heterocycles. The summed E-state index contributed by atoms with van der Waals surface area (Å²) in [5.41, 5.74) is 0. The maximum Gasteiger partial charge on any atom is 0.305 e. The minimum atomic E-state index is -0.954. The van der Waals surface area contributed by atoms with Crippen LogP contribution in [0.15, 0.2) is 0 Å².